The Bertz CT molecular complexity index is 1130. The Morgan fingerprint density at radius 1 is 0.971 bits per heavy atom. The van der Waals surface area contributed by atoms with E-state index < -0.39 is 24.0 Å². The second-order valence-electron chi connectivity index (χ2n) is 10.5. The van der Waals surface area contributed by atoms with E-state index in [0.717, 1.165) is 47.9 Å². The molecular formula is C28H30N2O5. The number of carbonyl (C=O) groups excluding carboxylic acids is 2. The maximum atomic E-state index is 13.5. The minimum atomic E-state index is -0.829. The molecule has 3 aliphatic carbocycles. The van der Waals surface area contributed by atoms with Gasteiger partial charge in [-0.05, 0) is 66.2 Å². The van der Waals surface area contributed by atoms with Gasteiger partial charge >= 0.3 is 12.1 Å². The van der Waals surface area contributed by atoms with Gasteiger partial charge in [-0.3, -0.25) is 9.59 Å². The zero-order valence-electron chi connectivity index (χ0n) is 19.6. The number of carboxylic acid groups (broad SMARTS) is 1. The van der Waals surface area contributed by atoms with Gasteiger partial charge < -0.3 is 20.1 Å². The highest BCUT2D eigenvalue weighted by Gasteiger charge is 2.49. The maximum absolute atomic E-state index is 13.5. The van der Waals surface area contributed by atoms with Gasteiger partial charge in [0, 0.05) is 18.5 Å². The SMILES string of the molecule is O=C(NC(C(=O)N1CC2CCC1C(C(=O)O)C2)C1CC1)OCC1c2ccccc2-c2ccccc21. The van der Waals surface area contributed by atoms with Crippen LogP contribution in [0.1, 0.15) is 49.1 Å². The van der Waals surface area contributed by atoms with Crippen LogP contribution < -0.4 is 5.32 Å². The fourth-order valence-corrected chi connectivity index (χ4v) is 6.47. The van der Waals surface area contributed by atoms with Crippen LogP contribution in [0.2, 0.25) is 0 Å². The highest BCUT2D eigenvalue weighted by molar-refractivity contribution is 5.87. The zero-order chi connectivity index (χ0) is 24.1. The van der Waals surface area contributed by atoms with Crippen molar-refractivity contribution in [1.29, 1.82) is 0 Å². The molecule has 7 rings (SSSR count). The summed E-state index contributed by atoms with van der Waals surface area (Å²) in [7, 11) is 0. The molecule has 2 aromatic carbocycles. The van der Waals surface area contributed by atoms with Crippen molar-refractivity contribution in [2.75, 3.05) is 13.2 Å². The predicted octanol–water partition coefficient (Wildman–Crippen LogP) is 4.02. The normalized spacial score (nSPS) is 25.5. The predicted molar refractivity (Wildman–Crippen MR) is 129 cm³/mol. The Balaban J connectivity index is 1.14. The Hall–Kier alpha value is -3.35. The van der Waals surface area contributed by atoms with Crippen molar-refractivity contribution >= 4 is 18.0 Å². The van der Waals surface area contributed by atoms with Crippen molar-refractivity contribution < 1.29 is 24.2 Å². The lowest BCUT2D eigenvalue weighted by Gasteiger charge is -2.49. The Morgan fingerprint density at radius 3 is 2.23 bits per heavy atom. The van der Waals surface area contributed by atoms with E-state index in [1.165, 1.54) is 0 Å². The lowest BCUT2D eigenvalue weighted by Crippen LogP contribution is -2.61. The third kappa shape index (κ3) is 3.97. The van der Waals surface area contributed by atoms with Crippen LogP contribution in [0.4, 0.5) is 4.79 Å². The standard InChI is InChI=1S/C28H30N2O5/c31-26(30-14-16-9-12-24(30)22(13-16)27(32)33)25(17-10-11-17)29-28(34)35-15-23-20-7-3-1-5-18(20)19-6-2-4-8-21(19)23/h1-8,16-17,22-25H,9-15H2,(H,29,34)(H,32,33). The fraction of sp³-hybridized carbons (Fsp3) is 0.464. The number of alkyl carbamates (subject to hydrolysis) is 1. The molecule has 7 heteroatoms. The van der Waals surface area contributed by atoms with Crippen molar-refractivity contribution in [2.45, 2.75) is 50.1 Å². The molecule has 2 bridgehead atoms. The van der Waals surface area contributed by atoms with Gasteiger partial charge in [0.25, 0.3) is 0 Å². The topological polar surface area (TPSA) is 95.9 Å². The number of hydrogen-bond acceptors (Lipinski definition) is 4. The van der Waals surface area contributed by atoms with Crippen LogP contribution in [0.25, 0.3) is 11.1 Å². The summed E-state index contributed by atoms with van der Waals surface area (Å²) in [6, 6.07) is 15.4. The third-order valence-corrected chi connectivity index (χ3v) is 8.35. The number of fused-ring (bicyclic) bond motifs is 6. The van der Waals surface area contributed by atoms with Crippen LogP contribution in [0.3, 0.4) is 0 Å². The summed E-state index contributed by atoms with van der Waals surface area (Å²) in [5.41, 5.74) is 4.60. The van der Waals surface area contributed by atoms with Gasteiger partial charge in [0.15, 0.2) is 0 Å². The van der Waals surface area contributed by atoms with Crippen LogP contribution in [-0.4, -0.2) is 53.2 Å². The first-order valence-corrected chi connectivity index (χ1v) is 12.7. The summed E-state index contributed by atoms with van der Waals surface area (Å²) >= 11 is 0. The van der Waals surface area contributed by atoms with Crippen LogP contribution in [0.5, 0.6) is 0 Å². The summed E-state index contributed by atoms with van der Waals surface area (Å²) in [4.78, 5) is 39.9. The number of benzene rings is 2. The van der Waals surface area contributed by atoms with Crippen molar-refractivity contribution in [3.05, 3.63) is 59.7 Å². The molecule has 5 aliphatic rings. The molecule has 0 spiro atoms. The Morgan fingerprint density at radius 2 is 1.63 bits per heavy atom. The third-order valence-electron chi connectivity index (χ3n) is 8.35. The van der Waals surface area contributed by atoms with Crippen molar-refractivity contribution in [1.82, 2.24) is 10.2 Å². The monoisotopic (exact) mass is 474 g/mol. The van der Waals surface area contributed by atoms with Crippen LogP contribution in [0, 0.1) is 17.8 Å². The van der Waals surface area contributed by atoms with Crippen molar-refractivity contribution in [2.24, 2.45) is 17.8 Å². The maximum Gasteiger partial charge on any atom is 0.407 e. The van der Waals surface area contributed by atoms with E-state index in [0.29, 0.717) is 13.0 Å². The van der Waals surface area contributed by atoms with E-state index in [1.807, 2.05) is 24.3 Å². The van der Waals surface area contributed by atoms with Gasteiger partial charge in [0.1, 0.15) is 12.6 Å². The molecule has 7 nitrogen and oxygen atoms in total. The van der Waals surface area contributed by atoms with Gasteiger partial charge in [-0.15, -0.1) is 0 Å². The number of aliphatic carboxylic acids is 1. The van der Waals surface area contributed by atoms with E-state index in [9.17, 15) is 19.5 Å². The van der Waals surface area contributed by atoms with Crippen molar-refractivity contribution in [3.8, 4) is 11.1 Å². The van der Waals surface area contributed by atoms with E-state index >= 15 is 0 Å². The average molecular weight is 475 g/mol. The summed E-state index contributed by atoms with van der Waals surface area (Å²) in [5, 5.41) is 12.5. The molecule has 2 saturated carbocycles. The van der Waals surface area contributed by atoms with Gasteiger partial charge in [-0.1, -0.05) is 48.5 Å². The lowest BCUT2D eigenvalue weighted by atomic mass is 9.72. The molecule has 2 aliphatic heterocycles. The van der Waals surface area contributed by atoms with Gasteiger partial charge in [0.05, 0.1) is 5.92 Å². The minimum absolute atomic E-state index is 0.0441. The Labute approximate surface area is 204 Å². The first-order chi connectivity index (χ1) is 17.0. The van der Waals surface area contributed by atoms with Crippen LogP contribution in [-0.2, 0) is 14.3 Å². The first kappa shape index (κ1) is 22.1. The molecule has 35 heavy (non-hydrogen) atoms. The van der Waals surface area contributed by atoms with Crippen LogP contribution >= 0.6 is 0 Å². The second-order valence-corrected chi connectivity index (χ2v) is 10.5. The molecule has 182 valence electrons. The molecule has 0 radical (unpaired) electrons. The van der Waals surface area contributed by atoms with Crippen molar-refractivity contribution in [3.63, 3.8) is 0 Å². The number of hydrogen-bond donors (Lipinski definition) is 2. The molecule has 2 amide bonds. The number of nitrogens with one attached hydrogen (secondary N) is 1. The van der Waals surface area contributed by atoms with E-state index in [2.05, 4.69) is 29.6 Å². The number of carboxylic acids is 1. The van der Waals surface area contributed by atoms with E-state index in [4.69, 9.17) is 4.74 Å². The zero-order valence-corrected chi connectivity index (χ0v) is 19.6. The number of piperidine rings is 2. The summed E-state index contributed by atoms with van der Waals surface area (Å²) in [6.45, 7) is 0.782. The van der Waals surface area contributed by atoms with E-state index in [-0.39, 0.29) is 36.3 Å². The number of carbonyl (C=O) groups is 3. The summed E-state index contributed by atoms with van der Waals surface area (Å²) < 4.78 is 5.69. The van der Waals surface area contributed by atoms with Gasteiger partial charge in [-0.25, -0.2) is 4.79 Å². The second kappa shape index (κ2) is 8.70. The number of ether oxygens (including phenoxy) is 1. The summed E-state index contributed by atoms with van der Waals surface area (Å²) in [6.07, 6.45) is 3.49. The molecule has 2 saturated heterocycles. The highest BCUT2D eigenvalue weighted by Crippen LogP contribution is 2.45. The molecular weight excluding hydrogens is 444 g/mol. The lowest BCUT2D eigenvalue weighted by molar-refractivity contribution is -0.156. The van der Waals surface area contributed by atoms with E-state index in [1.54, 1.807) is 4.90 Å². The highest BCUT2D eigenvalue weighted by atomic mass is 16.5. The molecule has 4 unspecified atom stereocenters. The smallest absolute Gasteiger partial charge is 0.407 e. The first-order valence-electron chi connectivity index (χ1n) is 12.7. The molecule has 4 fully saturated rings. The fourth-order valence-electron chi connectivity index (χ4n) is 6.47. The average Bonchev–Trinajstić information content (AvgIpc) is 3.68. The van der Waals surface area contributed by atoms with Crippen LogP contribution in [0.15, 0.2) is 48.5 Å². The molecule has 0 aromatic heterocycles. The largest absolute Gasteiger partial charge is 0.481 e. The number of rotatable bonds is 6. The molecule has 4 atom stereocenters. The van der Waals surface area contributed by atoms with Gasteiger partial charge in [0.2, 0.25) is 5.91 Å². The quantitative estimate of drug-likeness (QED) is 0.659. The Kier molecular flexibility index (Phi) is 5.50. The number of amides is 2. The molecule has 2 N–H and O–H groups in total. The number of nitrogens with zero attached hydrogens (tertiary/aromatic N) is 1. The minimum Gasteiger partial charge on any atom is -0.481 e. The summed E-state index contributed by atoms with van der Waals surface area (Å²) in [5.74, 6) is -1.23. The molecule has 2 aromatic rings. The van der Waals surface area contributed by atoms with Gasteiger partial charge in [-0.2, -0.15) is 0 Å². The molecule has 2 heterocycles.